The summed E-state index contributed by atoms with van der Waals surface area (Å²) in [6.45, 7) is 4.32. The lowest BCUT2D eigenvalue weighted by molar-refractivity contribution is -0.123. The molecule has 0 radical (unpaired) electrons. The zero-order valence-corrected chi connectivity index (χ0v) is 15.6. The van der Waals surface area contributed by atoms with Crippen molar-refractivity contribution in [1.29, 1.82) is 0 Å². The Hall–Kier alpha value is -2.57. The molecule has 0 saturated carbocycles. The highest BCUT2D eigenvalue weighted by atomic mass is 16.5. The fraction of sp³-hybridized carbons (Fsp3) is 0.381. The molecule has 27 heavy (non-hydrogen) atoms. The Morgan fingerprint density at radius 1 is 1.07 bits per heavy atom. The smallest absolute Gasteiger partial charge is 0.234 e. The molecular formula is C21H26N2O4. The van der Waals surface area contributed by atoms with Crippen molar-refractivity contribution >= 4 is 5.91 Å². The fourth-order valence-electron chi connectivity index (χ4n) is 2.90. The molecule has 0 unspecified atom stereocenters. The van der Waals surface area contributed by atoms with Gasteiger partial charge in [0, 0.05) is 19.6 Å². The van der Waals surface area contributed by atoms with Crippen molar-refractivity contribution in [3.63, 3.8) is 0 Å². The maximum atomic E-state index is 12.1. The topological polar surface area (TPSA) is 60.0 Å². The third-order valence-electron chi connectivity index (χ3n) is 4.43. The molecule has 1 aliphatic rings. The maximum absolute atomic E-state index is 12.1. The van der Waals surface area contributed by atoms with Crippen LogP contribution in [-0.4, -0.2) is 50.8 Å². The van der Waals surface area contributed by atoms with Crippen molar-refractivity contribution < 1.29 is 19.0 Å². The number of rotatable bonds is 8. The van der Waals surface area contributed by atoms with Crippen molar-refractivity contribution in [3.05, 3.63) is 59.7 Å². The summed E-state index contributed by atoms with van der Waals surface area (Å²) in [5, 5.41) is 2.96. The summed E-state index contributed by atoms with van der Waals surface area (Å²) in [5.41, 5.74) is 2.06. The molecular weight excluding hydrogens is 344 g/mol. The Morgan fingerprint density at radius 2 is 1.85 bits per heavy atom. The van der Waals surface area contributed by atoms with Gasteiger partial charge in [-0.15, -0.1) is 0 Å². The van der Waals surface area contributed by atoms with Crippen LogP contribution >= 0.6 is 0 Å². The van der Waals surface area contributed by atoms with Crippen LogP contribution in [0.3, 0.4) is 0 Å². The second-order valence-electron chi connectivity index (χ2n) is 6.42. The number of benzene rings is 2. The molecule has 0 atom stereocenters. The van der Waals surface area contributed by atoms with E-state index < -0.39 is 0 Å². The lowest BCUT2D eigenvalue weighted by Crippen LogP contribution is -2.43. The van der Waals surface area contributed by atoms with Crippen molar-refractivity contribution in [3.8, 4) is 11.5 Å². The van der Waals surface area contributed by atoms with E-state index in [4.69, 9.17) is 14.2 Å². The highest BCUT2D eigenvalue weighted by molar-refractivity contribution is 5.78. The second-order valence-corrected chi connectivity index (χ2v) is 6.42. The predicted octanol–water partition coefficient (Wildman–Crippen LogP) is 2.22. The highest BCUT2D eigenvalue weighted by Gasteiger charge is 2.14. The van der Waals surface area contributed by atoms with Crippen molar-refractivity contribution in [2.45, 2.75) is 13.2 Å². The van der Waals surface area contributed by atoms with Gasteiger partial charge < -0.3 is 19.5 Å². The minimum absolute atomic E-state index is 0.0141. The lowest BCUT2D eigenvalue weighted by Gasteiger charge is -2.25. The van der Waals surface area contributed by atoms with Crippen molar-refractivity contribution in [2.75, 3.05) is 40.0 Å². The highest BCUT2D eigenvalue weighted by Crippen LogP contribution is 2.28. The Bertz CT molecular complexity index is 730. The minimum atomic E-state index is 0.0141. The molecule has 1 heterocycles. The van der Waals surface area contributed by atoms with Gasteiger partial charge in [0.15, 0.2) is 11.5 Å². The molecule has 2 aromatic carbocycles. The third-order valence-corrected chi connectivity index (χ3v) is 4.43. The number of nitrogens with one attached hydrogen (secondary N) is 1. The molecule has 0 aromatic heterocycles. The first-order valence-corrected chi connectivity index (χ1v) is 9.15. The zero-order chi connectivity index (χ0) is 18.9. The van der Waals surface area contributed by atoms with Crippen LogP contribution in [0.5, 0.6) is 11.5 Å². The second kappa shape index (κ2) is 9.94. The first-order chi connectivity index (χ1) is 13.2. The quantitative estimate of drug-likeness (QED) is 0.772. The van der Waals surface area contributed by atoms with Gasteiger partial charge in [-0.3, -0.25) is 9.69 Å². The van der Waals surface area contributed by atoms with Crippen molar-refractivity contribution in [1.82, 2.24) is 10.2 Å². The van der Waals surface area contributed by atoms with Crippen LogP contribution in [0.1, 0.15) is 11.1 Å². The first-order valence-electron chi connectivity index (χ1n) is 9.15. The molecule has 6 heteroatoms. The predicted molar refractivity (Wildman–Crippen MR) is 103 cm³/mol. The summed E-state index contributed by atoms with van der Waals surface area (Å²) >= 11 is 0. The van der Waals surface area contributed by atoms with Crippen LogP contribution in [0.4, 0.5) is 0 Å². The number of morpholine rings is 1. The Labute approximate surface area is 160 Å². The lowest BCUT2D eigenvalue weighted by atomic mass is 10.2. The summed E-state index contributed by atoms with van der Waals surface area (Å²) in [5.74, 6) is 1.36. The summed E-state index contributed by atoms with van der Waals surface area (Å²) in [6, 6.07) is 15.7. The van der Waals surface area contributed by atoms with Crippen LogP contribution in [-0.2, 0) is 22.7 Å². The van der Waals surface area contributed by atoms with E-state index in [2.05, 4.69) is 10.2 Å². The van der Waals surface area contributed by atoms with E-state index in [9.17, 15) is 4.79 Å². The number of ether oxygens (including phenoxy) is 3. The normalized spacial score (nSPS) is 14.6. The number of hydrogen-bond donors (Lipinski definition) is 1. The minimum Gasteiger partial charge on any atom is -0.493 e. The molecule has 2 aromatic rings. The molecule has 1 aliphatic heterocycles. The van der Waals surface area contributed by atoms with E-state index >= 15 is 0 Å². The Balaban J connectivity index is 1.51. The average molecular weight is 370 g/mol. The standard InChI is InChI=1S/C21H26N2O4/c1-25-20-13-18(14-22-21(24)15-23-9-11-26-12-10-23)7-8-19(20)27-16-17-5-3-2-4-6-17/h2-8,13H,9-12,14-16H2,1H3,(H,22,24). The largest absolute Gasteiger partial charge is 0.493 e. The number of amides is 1. The molecule has 3 rings (SSSR count). The number of carbonyl (C=O) groups excluding carboxylic acids is 1. The molecule has 0 spiro atoms. The molecule has 6 nitrogen and oxygen atoms in total. The third kappa shape index (κ3) is 5.98. The number of methoxy groups -OCH3 is 1. The van der Waals surface area contributed by atoms with Gasteiger partial charge in [0.25, 0.3) is 0 Å². The van der Waals surface area contributed by atoms with Crippen LogP contribution in [0, 0.1) is 0 Å². The number of hydrogen-bond acceptors (Lipinski definition) is 5. The van der Waals surface area contributed by atoms with Crippen molar-refractivity contribution in [2.24, 2.45) is 0 Å². The van der Waals surface area contributed by atoms with Crippen LogP contribution in [0.25, 0.3) is 0 Å². The summed E-state index contributed by atoms with van der Waals surface area (Å²) in [6.07, 6.45) is 0. The summed E-state index contributed by atoms with van der Waals surface area (Å²) in [4.78, 5) is 14.2. The van der Waals surface area contributed by atoms with Gasteiger partial charge in [-0.25, -0.2) is 0 Å². The van der Waals surface area contributed by atoms with E-state index in [1.165, 1.54) is 0 Å². The molecule has 1 fully saturated rings. The Kier molecular flexibility index (Phi) is 7.07. The van der Waals surface area contributed by atoms with E-state index in [-0.39, 0.29) is 5.91 Å². The molecule has 144 valence electrons. The molecule has 0 aliphatic carbocycles. The van der Waals surface area contributed by atoms with E-state index in [1.54, 1.807) is 7.11 Å². The Morgan fingerprint density at radius 3 is 2.59 bits per heavy atom. The number of nitrogens with zero attached hydrogens (tertiary/aromatic N) is 1. The monoisotopic (exact) mass is 370 g/mol. The molecule has 0 bridgehead atoms. The van der Waals surface area contributed by atoms with E-state index in [0.717, 1.165) is 24.2 Å². The van der Waals surface area contributed by atoms with Crippen LogP contribution < -0.4 is 14.8 Å². The van der Waals surface area contributed by atoms with Gasteiger partial charge >= 0.3 is 0 Å². The maximum Gasteiger partial charge on any atom is 0.234 e. The zero-order valence-electron chi connectivity index (χ0n) is 15.6. The summed E-state index contributed by atoms with van der Waals surface area (Å²) < 4.78 is 16.6. The average Bonchev–Trinajstić information content (AvgIpc) is 2.72. The van der Waals surface area contributed by atoms with Crippen LogP contribution in [0.15, 0.2) is 48.5 Å². The SMILES string of the molecule is COc1cc(CNC(=O)CN2CCOCC2)ccc1OCc1ccccc1. The van der Waals surface area contributed by atoms with Gasteiger partial charge in [-0.1, -0.05) is 36.4 Å². The van der Waals surface area contributed by atoms with Gasteiger partial charge in [-0.05, 0) is 23.3 Å². The molecule has 1 amide bonds. The summed E-state index contributed by atoms with van der Waals surface area (Å²) in [7, 11) is 1.62. The van der Waals surface area contributed by atoms with E-state index in [0.29, 0.717) is 44.4 Å². The van der Waals surface area contributed by atoms with Gasteiger partial charge in [-0.2, -0.15) is 0 Å². The van der Waals surface area contributed by atoms with E-state index in [1.807, 2.05) is 48.5 Å². The molecule has 1 N–H and O–H groups in total. The molecule has 1 saturated heterocycles. The van der Waals surface area contributed by atoms with Gasteiger partial charge in [0.1, 0.15) is 6.61 Å². The number of carbonyl (C=O) groups is 1. The van der Waals surface area contributed by atoms with Gasteiger partial charge in [0.05, 0.1) is 26.9 Å². The van der Waals surface area contributed by atoms with Gasteiger partial charge in [0.2, 0.25) is 5.91 Å². The first kappa shape index (κ1) is 19.2. The van der Waals surface area contributed by atoms with Crippen LogP contribution in [0.2, 0.25) is 0 Å². The fourth-order valence-corrected chi connectivity index (χ4v) is 2.90.